The summed E-state index contributed by atoms with van der Waals surface area (Å²) in [7, 11) is 0. The SMILES string of the molecule is Cc1cc(/C=C(/C#N)C(=O)Nc2ccccc2Cl)c(C)n1-c1ccc(Cl)c(C(=O)O)c1. The van der Waals surface area contributed by atoms with Gasteiger partial charge in [-0.25, -0.2) is 4.79 Å². The van der Waals surface area contributed by atoms with E-state index in [0.29, 0.717) is 22.0 Å². The van der Waals surface area contributed by atoms with Gasteiger partial charge in [-0.1, -0.05) is 35.3 Å². The van der Waals surface area contributed by atoms with Gasteiger partial charge < -0.3 is 15.0 Å². The molecule has 0 fully saturated rings. The number of benzene rings is 2. The summed E-state index contributed by atoms with van der Waals surface area (Å²) in [4.78, 5) is 24.0. The van der Waals surface area contributed by atoms with Gasteiger partial charge in [-0.05, 0) is 61.9 Å². The highest BCUT2D eigenvalue weighted by Gasteiger charge is 2.16. The lowest BCUT2D eigenvalue weighted by molar-refractivity contribution is -0.112. The minimum atomic E-state index is -1.13. The molecule has 0 spiro atoms. The summed E-state index contributed by atoms with van der Waals surface area (Å²) in [5.41, 5.74) is 3.08. The number of carboxylic acid groups (broad SMARTS) is 1. The Kier molecular flexibility index (Phi) is 6.50. The topological polar surface area (TPSA) is 95.1 Å². The van der Waals surface area contributed by atoms with Gasteiger partial charge in [0.2, 0.25) is 0 Å². The first-order valence-electron chi connectivity index (χ1n) is 9.12. The molecule has 1 heterocycles. The van der Waals surface area contributed by atoms with Gasteiger partial charge in [0.1, 0.15) is 11.6 Å². The third-order valence-electron chi connectivity index (χ3n) is 4.70. The van der Waals surface area contributed by atoms with Crippen LogP contribution in [0.1, 0.15) is 27.3 Å². The summed E-state index contributed by atoms with van der Waals surface area (Å²) in [6.07, 6.45) is 1.49. The maximum atomic E-state index is 12.6. The number of anilines is 1. The minimum absolute atomic E-state index is 0.0133. The fourth-order valence-corrected chi connectivity index (χ4v) is 3.58. The molecular formula is C23H17Cl2N3O3. The molecule has 0 aliphatic heterocycles. The number of aryl methyl sites for hydroxylation is 1. The van der Waals surface area contributed by atoms with E-state index < -0.39 is 11.9 Å². The lowest BCUT2D eigenvalue weighted by atomic mass is 10.1. The second-order valence-electron chi connectivity index (χ2n) is 6.73. The summed E-state index contributed by atoms with van der Waals surface area (Å²) < 4.78 is 1.83. The number of carbonyl (C=O) groups is 2. The molecule has 0 aliphatic rings. The van der Waals surface area contributed by atoms with Gasteiger partial charge in [0, 0.05) is 17.1 Å². The van der Waals surface area contributed by atoms with Crippen LogP contribution in [0.5, 0.6) is 0 Å². The molecule has 31 heavy (non-hydrogen) atoms. The molecule has 2 N–H and O–H groups in total. The lowest BCUT2D eigenvalue weighted by Crippen LogP contribution is -2.13. The number of nitrogens with one attached hydrogen (secondary N) is 1. The van der Waals surface area contributed by atoms with Gasteiger partial charge in [0.25, 0.3) is 5.91 Å². The number of carbonyl (C=O) groups excluding carboxylic acids is 1. The molecule has 0 saturated heterocycles. The Labute approximate surface area is 188 Å². The van der Waals surface area contributed by atoms with E-state index in [2.05, 4.69) is 5.32 Å². The second kappa shape index (κ2) is 9.09. The second-order valence-corrected chi connectivity index (χ2v) is 7.55. The van der Waals surface area contributed by atoms with Crippen LogP contribution in [-0.4, -0.2) is 21.6 Å². The van der Waals surface area contributed by atoms with Gasteiger partial charge in [-0.15, -0.1) is 0 Å². The lowest BCUT2D eigenvalue weighted by Gasteiger charge is -2.11. The first-order valence-corrected chi connectivity index (χ1v) is 9.88. The van der Waals surface area contributed by atoms with E-state index in [4.69, 9.17) is 23.2 Å². The molecule has 0 saturated carbocycles. The van der Waals surface area contributed by atoms with Crippen molar-refractivity contribution in [3.05, 3.63) is 86.7 Å². The van der Waals surface area contributed by atoms with Gasteiger partial charge in [-0.3, -0.25) is 4.79 Å². The Morgan fingerprint density at radius 2 is 1.81 bits per heavy atom. The van der Waals surface area contributed by atoms with E-state index in [1.807, 2.05) is 30.6 Å². The number of hydrogen-bond donors (Lipinski definition) is 2. The zero-order valence-corrected chi connectivity index (χ0v) is 18.1. The highest BCUT2D eigenvalue weighted by molar-refractivity contribution is 6.34. The number of nitrogens with zero attached hydrogens (tertiary/aromatic N) is 2. The van der Waals surface area contributed by atoms with Crippen LogP contribution in [0.4, 0.5) is 5.69 Å². The van der Waals surface area contributed by atoms with Crippen LogP contribution < -0.4 is 5.32 Å². The van der Waals surface area contributed by atoms with E-state index in [0.717, 1.165) is 11.4 Å². The maximum absolute atomic E-state index is 12.6. The Balaban J connectivity index is 1.99. The number of hydrogen-bond acceptors (Lipinski definition) is 3. The standard InChI is InChI=1S/C23H17Cl2N3O3/c1-13-9-15(10-16(12-26)22(29)27-21-6-4-3-5-20(21)25)14(2)28(13)17-7-8-19(24)18(11-17)23(30)31/h3-11H,1-2H3,(H,27,29)(H,30,31)/b16-10-. The van der Waals surface area contributed by atoms with Crippen LogP contribution in [-0.2, 0) is 4.79 Å². The summed E-state index contributed by atoms with van der Waals surface area (Å²) in [5, 5.41) is 22.0. The predicted molar refractivity (Wildman–Crippen MR) is 121 cm³/mol. The third kappa shape index (κ3) is 4.64. The number of carboxylic acids is 1. The van der Waals surface area contributed by atoms with Crippen molar-refractivity contribution in [2.24, 2.45) is 0 Å². The van der Waals surface area contributed by atoms with E-state index >= 15 is 0 Å². The van der Waals surface area contributed by atoms with Crippen molar-refractivity contribution in [1.82, 2.24) is 4.57 Å². The minimum Gasteiger partial charge on any atom is -0.478 e. The van der Waals surface area contributed by atoms with Crippen LogP contribution in [0.2, 0.25) is 10.0 Å². The van der Waals surface area contributed by atoms with E-state index in [1.54, 1.807) is 30.3 Å². The zero-order chi connectivity index (χ0) is 22.7. The highest BCUT2D eigenvalue weighted by Crippen LogP contribution is 2.27. The average Bonchev–Trinajstić information content (AvgIpc) is 3.01. The van der Waals surface area contributed by atoms with Gasteiger partial charge in [0.05, 0.1) is 21.3 Å². The molecule has 0 aliphatic carbocycles. The van der Waals surface area contributed by atoms with Crippen LogP contribution in [0, 0.1) is 25.2 Å². The molecule has 156 valence electrons. The number of aromatic nitrogens is 1. The number of amides is 1. The summed E-state index contributed by atoms with van der Waals surface area (Å²) in [5.74, 6) is -1.71. The van der Waals surface area contributed by atoms with E-state index in [1.165, 1.54) is 18.2 Å². The molecule has 3 aromatic rings. The molecule has 3 rings (SSSR count). The average molecular weight is 454 g/mol. The summed E-state index contributed by atoms with van der Waals surface area (Å²) >= 11 is 12.0. The largest absolute Gasteiger partial charge is 0.478 e. The van der Waals surface area contributed by atoms with E-state index in [9.17, 15) is 20.0 Å². The number of rotatable bonds is 5. The smallest absolute Gasteiger partial charge is 0.337 e. The molecule has 1 amide bonds. The summed E-state index contributed by atoms with van der Waals surface area (Å²) in [6, 6.07) is 15.2. The Morgan fingerprint density at radius 1 is 1.10 bits per heavy atom. The Morgan fingerprint density at radius 3 is 2.45 bits per heavy atom. The molecule has 2 aromatic carbocycles. The highest BCUT2D eigenvalue weighted by atomic mass is 35.5. The van der Waals surface area contributed by atoms with Crippen LogP contribution in [0.3, 0.4) is 0 Å². The number of nitriles is 1. The van der Waals surface area contributed by atoms with E-state index in [-0.39, 0.29) is 16.2 Å². The molecule has 0 unspecified atom stereocenters. The van der Waals surface area contributed by atoms with Gasteiger partial charge >= 0.3 is 5.97 Å². The van der Waals surface area contributed by atoms with Crippen LogP contribution in [0.25, 0.3) is 11.8 Å². The van der Waals surface area contributed by atoms with Crippen molar-refractivity contribution >= 4 is 46.8 Å². The van der Waals surface area contributed by atoms with Gasteiger partial charge in [-0.2, -0.15) is 5.26 Å². The third-order valence-corrected chi connectivity index (χ3v) is 5.35. The van der Waals surface area contributed by atoms with Crippen molar-refractivity contribution in [1.29, 1.82) is 5.26 Å². The molecule has 8 heteroatoms. The number of para-hydroxylation sites is 1. The van der Waals surface area contributed by atoms with Gasteiger partial charge in [0.15, 0.2) is 0 Å². The monoisotopic (exact) mass is 453 g/mol. The van der Waals surface area contributed by atoms with Crippen molar-refractivity contribution < 1.29 is 14.7 Å². The Bertz CT molecular complexity index is 1270. The molecular weight excluding hydrogens is 437 g/mol. The van der Waals surface area contributed by atoms with Crippen LogP contribution in [0.15, 0.2) is 54.1 Å². The quantitative estimate of drug-likeness (QED) is 0.385. The normalized spacial score (nSPS) is 11.1. The first-order chi connectivity index (χ1) is 14.7. The maximum Gasteiger partial charge on any atom is 0.337 e. The molecule has 0 bridgehead atoms. The van der Waals surface area contributed by atoms with Crippen molar-refractivity contribution in [2.75, 3.05) is 5.32 Å². The predicted octanol–water partition coefficient (Wildman–Crippen LogP) is 5.64. The van der Waals surface area contributed by atoms with Crippen molar-refractivity contribution in [2.45, 2.75) is 13.8 Å². The number of aromatic carboxylic acids is 1. The molecule has 6 nitrogen and oxygen atoms in total. The summed E-state index contributed by atoms with van der Waals surface area (Å²) in [6.45, 7) is 3.66. The fraction of sp³-hybridized carbons (Fsp3) is 0.0870. The molecule has 0 atom stereocenters. The molecule has 1 aromatic heterocycles. The van der Waals surface area contributed by atoms with Crippen LogP contribution >= 0.6 is 23.2 Å². The van der Waals surface area contributed by atoms with Crippen molar-refractivity contribution in [3.8, 4) is 11.8 Å². The fourth-order valence-electron chi connectivity index (χ4n) is 3.20. The van der Waals surface area contributed by atoms with Crippen molar-refractivity contribution in [3.63, 3.8) is 0 Å². The Hall–Kier alpha value is -3.53. The number of halogens is 2. The zero-order valence-electron chi connectivity index (χ0n) is 16.6. The molecule has 0 radical (unpaired) electrons. The first kappa shape index (κ1) is 22.2.